The van der Waals surface area contributed by atoms with Gasteiger partial charge in [-0.2, -0.15) is 0 Å². The third kappa shape index (κ3) is 3.67. The van der Waals surface area contributed by atoms with Gasteiger partial charge in [-0.25, -0.2) is 0 Å². The summed E-state index contributed by atoms with van der Waals surface area (Å²) >= 11 is 0. The van der Waals surface area contributed by atoms with Crippen LogP contribution in [0.15, 0.2) is 18.2 Å². The molecule has 1 atom stereocenters. The molecule has 84 valence electrons. The second-order valence-corrected chi connectivity index (χ2v) is 4.36. The normalized spacial score (nSPS) is 12.8. The van der Waals surface area contributed by atoms with E-state index in [9.17, 15) is 0 Å². The van der Waals surface area contributed by atoms with Crippen molar-refractivity contribution in [2.45, 2.75) is 46.1 Å². The lowest BCUT2D eigenvalue weighted by Crippen LogP contribution is -2.24. The second-order valence-electron chi connectivity index (χ2n) is 4.36. The zero-order chi connectivity index (χ0) is 11.3. The Balaban J connectivity index is 2.57. The van der Waals surface area contributed by atoms with E-state index in [-0.39, 0.29) is 0 Å². The Morgan fingerprint density at radius 3 is 2.53 bits per heavy atom. The van der Waals surface area contributed by atoms with Gasteiger partial charge in [0.25, 0.3) is 0 Å². The number of rotatable bonds is 5. The molecular formula is C14H23N. The van der Waals surface area contributed by atoms with E-state index < -0.39 is 0 Å². The van der Waals surface area contributed by atoms with Crippen molar-refractivity contribution in [1.82, 2.24) is 5.32 Å². The van der Waals surface area contributed by atoms with Crippen molar-refractivity contribution < 1.29 is 0 Å². The average molecular weight is 205 g/mol. The summed E-state index contributed by atoms with van der Waals surface area (Å²) < 4.78 is 0. The van der Waals surface area contributed by atoms with Crippen molar-refractivity contribution in [1.29, 1.82) is 0 Å². The first-order chi connectivity index (χ1) is 7.17. The van der Waals surface area contributed by atoms with Crippen LogP contribution in [0, 0.1) is 13.8 Å². The SMILES string of the molecule is CCC(CCc1ccc(C)cc1C)NC. The highest BCUT2D eigenvalue weighted by molar-refractivity contribution is 5.30. The zero-order valence-corrected chi connectivity index (χ0v) is 10.4. The van der Waals surface area contributed by atoms with E-state index >= 15 is 0 Å². The van der Waals surface area contributed by atoms with Crippen molar-refractivity contribution in [3.63, 3.8) is 0 Å². The van der Waals surface area contributed by atoms with Gasteiger partial charge in [-0.05, 0) is 51.3 Å². The lowest BCUT2D eigenvalue weighted by Gasteiger charge is -2.14. The Morgan fingerprint density at radius 2 is 2.00 bits per heavy atom. The maximum atomic E-state index is 3.35. The van der Waals surface area contributed by atoms with Crippen LogP contribution in [0.4, 0.5) is 0 Å². The minimum Gasteiger partial charge on any atom is -0.317 e. The van der Waals surface area contributed by atoms with Gasteiger partial charge in [-0.1, -0.05) is 30.7 Å². The Labute approximate surface area is 93.9 Å². The van der Waals surface area contributed by atoms with Gasteiger partial charge in [0.15, 0.2) is 0 Å². The third-order valence-corrected chi connectivity index (χ3v) is 3.16. The molecule has 1 rings (SSSR count). The van der Waals surface area contributed by atoms with E-state index in [0.29, 0.717) is 6.04 Å². The van der Waals surface area contributed by atoms with E-state index in [1.54, 1.807) is 0 Å². The molecule has 1 heteroatoms. The Kier molecular flexibility index (Phi) is 4.83. The first-order valence-corrected chi connectivity index (χ1v) is 5.90. The van der Waals surface area contributed by atoms with Crippen LogP contribution in [0.3, 0.4) is 0 Å². The summed E-state index contributed by atoms with van der Waals surface area (Å²) in [5.74, 6) is 0. The summed E-state index contributed by atoms with van der Waals surface area (Å²) in [6, 6.07) is 7.41. The lowest BCUT2D eigenvalue weighted by molar-refractivity contribution is 0.508. The molecule has 0 radical (unpaired) electrons. The van der Waals surface area contributed by atoms with Gasteiger partial charge >= 0.3 is 0 Å². The molecule has 0 spiro atoms. The summed E-state index contributed by atoms with van der Waals surface area (Å²) in [4.78, 5) is 0. The molecule has 1 aromatic rings. The van der Waals surface area contributed by atoms with Gasteiger partial charge in [0.2, 0.25) is 0 Å². The molecule has 15 heavy (non-hydrogen) atoms. The van der Waals surface area contributed by atoms with Gasteiger partial charge < -0.3 is 5.32 Å². The first-order valence-electron chi connectivity index (χ1n) is 5.90. The summed E-state index contributed by atoms with van der Waals surface area (Å²) in [5.41, 5.74) is 4.28. The van der Waals surface area contributed by atoms with Crippen molar-refractivity contribution in [2.75, 3.05) is 7.05 Å². The van der Waals surface area contributed by atoms with Crippen LogP contribution in [0.5, 0.6) is 0 Å². The Bertz CT molecular complexity index is 300. The molecule has 1 aromatic carbocycles. The number of hydrogen-bond acceptors (Lipinski definition) is 1. The quantitative estimate of drug-likeness (QED) is 0.778. The molecule has 0 aromatic heterocycles. The van der Waals surface area contributed by atoms with Crippen LogP contribution in [0.2, 0.25) is 0 Å². The molecule has 0 bridgehead atoms. The smallest absolute Gasteiger partial charge is 0.00646 e. The van der Waals surface area contributed by atoms with Crippen LogP contribution >= 0.6 is 0 Å². The van der Waals surface area contributed by atoms with Crippen molar-refractivity contribution in [3.05, 3.63) is 34.9 Å². The van der Waals surface area contributed by atoms with Gasteiger partial charge in [0.1, 0.15) is 0 Å². The average Bonchev–Trinajstić information content (AvgIpc) is 2.22. The van der Waals surface area contributed by atoms with Crippen LogP contribution in [0.25, 0.3) is 0 Å². The Hall–Kier alpha value is -0.820. The number of aryl methyl sites for hydroxylation is 3. The van der Waals surface area contributed by atoms with Crippen LogP contribution in [-0.2, 0) is 6.42 Å². The molecule has 0 fully saturated rings. The summed E-state index contributed by atoms with van der Waals surface area (Å²) in [7, 11) is 2.05. The largest absolute Gasteiger partial charge is 0.317 e. The summed E-state index contributed by atoms with van der Waals surface area (Å²) in [5, 5.41) is 3.35. The minimum atomic E-state index is 0.658. The topological polar surface area (TPSA) is 12.0 Å². The van der Waals surface area contributed by atoms with E-state index in [1.165, 1.54) is 36.0 Å². The minimum absolute atomic E-state index is 0.658. The van der Waals surface area contributed by atoms with E-state index in [0.717, 1.165) is 0 Å². The molecule has 0 saturated carbocycles. The van der Waals surface area contributed by atoms with Crippen molar-refractivity contribution >= 4 is 0 Å². The highest BCUT2D eigenvalue weighted by Crippen LogP contribution is 2.14. The lowest BCUT2D eigenvalue weighted by atomic mass is 9.98. The van der Waals surface area contributed by atoms with E-state index in [1.807, 2.05) is 0 Å². The monoisotopic (exact) mass is 205 g/mol. The maximum absolute atomic E-state index is 3.35. The molecule has 0 saturated heterocycles. The molecule has 0 aliphatic carbocycles. The van der Waals surface area contributed by atoms with Gasteiger partial charge in [0, 0.05) is 6.04 Å². The van der Waals surface area contributed by atoms with Crippen LogP contribution < -0.4 is 5.32 Å². The van der Waals surface area contributed by atoms with E-state index in [2.05, 4.69) is 51.3 Å². The van der Waals surface area contributed by atoms with Gasteiger partial charge in [-0.3, -0.25) is 0 Å². The standard InChI is InChI=1S/C14H23N/c1-5-14(15-4)9-8-13-7-6-11(2)10-12(13)3/h6-7,10,14-15H,5,8-9H2,1-4H3. The molecule has 0 aliphatic heterocycles. The van der Waals surface area contributed by atoms with Crippen LogP contribution in [-0.4, -0.2) is 13.1 Å². The predicted molar refractivity (Wildman–Crippen MR) is 67.4 cm³/mol. The fourth-order valence-corrected chi connectivity index (χ4v) is 2.01. The second kappa shape index (κ2) is 5.92. The van der Waals surface area contributed by atoms with Crippen molar-refractivity contribution in [2.24, 2.45) is 0 Å². The molecule has 0 amide bonds. The molecular weight excluding hydrogens is 182 g/mol. The highest BCUT2D eigenvalue weighted by Gasteiger charge is 2.04. The van der Waals surface area contributed by atoms with Gasteiger partial charge in [-0.15, -0.1) is 0 Å². The van der Waals surface area contributed by atoms with Gasteiger partial charge in [0.05, 0.1) is 0 Å². The molecule has 0 heterocycles. The molecule has 1 nitrogen and oxygen atoms in total. The predicted octanol–water partition coefficient (Wildman–Crippen LogP) is 3.23. The molecule has 0 aliphatic rings. The van der Waals surface area contributed by atoms with E-state index in [4.69, 9.17) is 0 Å². The zero-order valence-electron chi connectivity index (χ0n) is 10.4. The molecule has 1 unspecified atom stereocenters. The number of benzene rings is 1. The fraction of sp³-hybridized carbons (Fsp3) is 0.571. The maximum Gasteiger partial charge on any atom is 0.00646 e. The fourth-order valence-electron chi connectivity index (χ4n) is 2.01. The summed E-state index contributed by atoms with van der Waals surface area (Å²) in [6.07, 6.45) is 3.63. The van der Waals surface area contributed by atoms with Crippen molar-refractivity contribution in [3.8, 4) is 0 Å². The third-order valence-electron chi connectivity index (χ3n) is 3.16. The highest BCUT2D eigenvalue weighted by atomic mass is 14.9. The number of hydrogen-bond donors (Lipinski definition) is 1. The summed E-state index contributed by atoms with van der Waals surface area (Å²) in [6.45, 7) is 6.60. The number of nitrogens with one attached hydrogen (secondary N) is 1. The van der Waals surface area contributed by atoms with Crippen LogP contribution in [0.1, 0.15) is 36.5 Å². The molecule has 1 N–H and O–H groups in total. The Morgan fingerprint density at radius 1 is 1.27 bits per heavy atom. The first kappa shape index (κ1) is 12.3.